The molecule has 1 N–H and O–H groups in total. The maximum Gasteiger partial charge on any atom is 0.150 e. The van der Waals surface area contributed by atoms with Crippen LogP contribution in [-0.2, 0) is 7.05 Å². The van der Waals surface area contributed by atoms with Crippen LogP contribution in [0.4, 0.5) is 5.82 Å². The first-order valence-corrected chi connectivity index (χ1v) is 6.01. The Balaban J connectivity index is 1.98. The predicted molar refractivity (Wildman–Crippen MR) is 66.6 cm³/mol. The van der Waals surface area contributed by atoms with E-state index in [-0.39, 0.29) is 0 Å². The molecule has 2 aromatic heterocycles. The molecule has 0 atom stereocenters. The number of aromatic nitrogens is 2. The van der Waals surface area contributed by atoms with Crippen LogP contribution in [0.3, 0.4) is 0 Å². The lowest BCUT2D eigenvalue weighted by Gasteiger charge is -2.14. The summed E-state index contributed by atoms with van der Waals surface area (Å²) in [5.41, 5.74) is 1.22. The van der Waals surface area contributed by atoms with Crippen molar-refractivity contribution in [2.45, 2.75) is 31.7 Å². The van der Waals surface area contributed by atoms with E-state index >= 15 is 0 Å². The largest absolute Gasteiger partial charge is 0.366 e. The van der Waals surface area contributed by atoms with Crippen molar-refractivity contribution in [1.29, 1.82) is 0 Å². The molecule has 0 spiro atoms. The summed E-state index contributed by atoms with van der Waals surface area (Å²) in [6.45, 7) is 0. The van der Waals surface area contributed by atoms with Crippen molar-refractivity contribution in [3.05, 3.63) is 24.5 Å². The second kappa shape index (κ2) is 3.81. The van der Waals surface area contributed by atoms with Crippen molar-refractivity contribution in [2.24, 2.45) is 7.05 Å². The molecule has 0 aromatic carbocycles. The van der Waals surface area contributed by atoms with E-state index in [1.165, 1.54) is 36.6 Å². The Labute approximate surface area is 95.5 Å². The van der Waals surface area contributed by atoms with Gasteiger partial charge in [-0.15, -0.1) is 0 Å². The van der Waals surface area contributed by atoms with Crippen LogP contribution in [-0.4, -0.2) is 15.6 Å². The molecule has 0 amide bonds. The molecule has 1 saturated carbocycles. The highest BCUT2D eigenvalue weighted by Crippen LogP contribution is 2.26. The number of nitrogens with one attached hydrogen (secondary N) is 1. The third-order valence-electron chi connectivity index (χ3n) is 3.48. The number of fused-ring (bicyclic) bond motifs is 1. The first-order valence-electron chi connectivity index (χ1n) is 6.01. The number of rotatable bonds is 2. The summed E-state index contributed by atoms with van der Waals surface area (Å²) < 4.78 is 2.14. The minimum atomic E-state index is 0.619. The first kappa shape index (κ1) is 9.70. The van der Waals surface area contributed by atoms with Crippen molar-refractivity contribution in [1.82, 2.24) is 9.55 Å². The van der Waals surface area contributed by atoms with E-state index < -0.39 is 0 Å². The number of anilines is 1. The highest BCUT2D eigenvalue weighted by Gasteiger charge is 2.16. The molecule has 0 unspecified atom stereocenters. The van der Waals surface area contributed by atoms with Gasteiger partial charge in [0.2, 0.25) is 0 Å². The van der Waals surface area contributed by atoms with Crippen molar-refractivity contribution in [3.8, 4) is 0 Å². The van der Waals surface area contributed by atoms with Gasteiger partial charge >= 0.3 is 0 Å². The van der Waals surface area contributed by atoms with E-state index in [1.807, 2.05) is 6.20 Å². The van der Waals surface area contributed by atoms with Crippen molar-refractivity contribution in [3.63, 3.8) is 0 Å². The van der Waals surface area contributed by atoms with Gasteiger partial charge in [0.05, 0.1) is 5.52 Å². The van der Waals surface area contributed by atoms with Gasteiger partial charge < -0.3 is 9.88 Å². The molecule has 2 heterocycles. The van der Waals surface area contributed by atoms with Crippen molar-refractivity contribution < 1.29 is 0 Å². The molecule has 0 saturated heterocycles. The lowest BCUT2D eigenvalue weighted by molar-refractivity contribution is 0.750. The quantitative estimate of drug-likeness (QED) is 0.834. The van der Waals surface area contributed by atoms with Gasteiger partial charge in [-0.25, -0.2) is 4.98 Å². The predicted octanol–water partition coefficient (Wildman–Crippen LogP) is 2.93. The maximum absolute atomic E-state index is 4.47. The van der Waals surface area contributed by atoms with E-state index in [9.17, 15) is 0 Å². The van der Waals surface area contributed by atoms with Crippen LogP contribution in [0.15, 0.2) is 24.5 Å². The molecule has 1 aliphatic carbocycles. The minimum absolute atomic E-state index is 0.619. The second-order valence-corrected chi connectivity index (χ2v) is 4.65. The van der Waals surface area contributed by atoms with E-state index in [2.05, 4.69) is 40.2 Å². The van der Waals surface area contributed by atoms with Gasteiger partial charge in [0.15, 0.2) is 5.82 Å². The summed E-state index contributed by atoms with van der Waals surface area (Å²) in [6, 6.07) is 4.82. The van der Waals surface area contributed by atoms with E-state index in [1.54, 1.807) is 0 Å². The topological polar surface area (TPSA) is 29.9 Å². The van der Waals surface area contributed by atoms with E-state index in [0.717, 1.165) is 5.82 Å². The Bertz CT molecular complexity index is 495. The van der Waals surface area contributed by atoms with Crippen molar-refractivity contribution >= 4 is 16.7 Å². The molecule has 16 heavy (non-hydrogen) atoms. The summed E-state index contributed by atoms with van der Waals surface area (Å²) in [5, 5.41) is 4.84. The first-order chi connectivity index (χ1) is 7.84. The molecule has 1 aliphatic rings. The molecule has 3 rings (SSSR count). The molecular formula is C13H17N3. The van der Waals surface area contributed by atoms with Gasteiger partial charge in [-0.05, 0) is 25.0 Å². The smallest absolute Gasteiger partial charge is 0.150 e. The van der Waals surface area contributed by atoms with Gasteiger partial charge in [0.25, 0.3) is 0 Å². The van der Waals surface area contributed by atoms with Crippen LogP contribution in [0.25, 0.3) is 10.9 Å². The number of hydrogen-bond donors (Lipinski definition) is 1. The van der Waals surface area contributed by atoms with Gasteiger partial charge in [-0.3, -0.25) is 0 Å². The summed E-state index contributed by atoms with van der Waals surface area (Å²) >= 11 is 0. The normalized spacial score (nSPS) is 17.1. The Kier molecular flexibility index (Phi) is 2.31. The number of hydrogen-bond acceptors (Lipinski definition) is 2. The Morgan fingerprint density at radius 3 is 2.94 bits per heavy atom. The summed E-state index contributed by atoms with van der Waals surface area (Å²) in [4.78, 5) is 4.47. The summed E-state index contributed by atoms with van der Waals surface area (Å²) in [5.74, 6) is 1.04. The van der Waals surface area contributed by atoms with Crippen LogP contribution < -0.4 is 5.32 Å². The average Bonchev–Trinajstić information content (AvgIpc) is 2.90. The number of pyridine rings is 1. The molecule has 2 aromatic rings. The molecule has 84 valence electrons. The van der Waals surface area contributed by atoms with Crippen molar-refractivity contribution in [2.75, 3.05) is 5.32 Å². The Morgan fingerprint density at radius 2 is 2.12 bits per heavy atom. The fourth-order valence-electron chi connectivity index (χ4n) is 2.61. The van der Waals surface area contributed by atoms with Gasteiger partial charge in [0.1, 0.15) is 0 Å². The zero-order valence-corrected chi connectivity index (χ0v) is 9.61. The van der Waals surface area contributed by atoms with Crippen LogP contribution in [0, 0.1) is 0 Å². The SMILES string of the molecule is Cn1ccc2ccnc(NC3CCCC3)c21. The zero-order chi connectivity index (χ0) is 11.0. The van der Waals surface area contributed by atoms with Gasteiger partial charge in [-0.2, -0.15) is 0 Å². The Morgan fingerprint density at radius 1 is 1.31 bits per heavy atom. The zero-order valence-electron chi connectivity index (χ0n) is 9.61. The number of aryl methyl sites for hydroxylation is 1. The molecule has 0 aliphatic heterocycles. The number of nitrogens with zero attached hydrogens (tertiary/aromatic N) is 2. The van der Waals surface area contributed by atoms with Crippen LogP contribution in [0.1, 0.15) is 25.7 Å². The highest BCUT2D eigenvalue weighted by molar-refractivity contribution is 5.89. The molecule has 0 bridgehead atoms. The molecule has 3 nitrogen and oxygen atoms in total. The van der Waals surface area contributed by atoms with Gasteiger partial charge in [0, 0.05) is 30.9 Å². The standard InChI is InChI=1S/C13H17N3/c1-16-9-7-10-6-8-14-13(12(10)16)15-11-4-2-3-5-11/h6-9,11H,2-5H2,1H3,(H,14,15). The fourth-order valence-corrected chi connectivity index (χ4v) is 2.61. The summed E-state index contributed by atoms with van der Waals surface area (Å²) in [7, 11) is 2.07. The monoisotopic (exact) mass is 215 g/mol. The third kappa shape index (κ3) is 1.56. The Hall–Kier alpha value is -1.51. The van der Waals surface area contributed by atoms with Crippen LogP contribution in [0.5, 0.6) is 0 Å². The fraction of sp³-hybridized carbons (Fsp3) is 0.462. The van der Waals surface area contributed by atoms with E-state index in [4.69, 9.17) is 0 Å². The molecule has 0 radical (unpaired) electrons. The molecular weight excluding hydrogens is 198 g/mol. The maximum atomic E-state index is 4.47. The second-order valence-electron chi connectivity index (χ2n) is 4.65. The lowest BCUT2D eigenvalue weighted by Crippen LogP contribution is -2.16. The molecule has 3 heteroatoms. The summed E-state index contributed by atoms with van der Waals surface area (Å²) in [6.07, 6.45) is 9.23. The van der Waals surface area contributed by atoms with Crippen LogP contribution in [0.2, 0.25) is 0 Å². The highest BCUT2D eigenvalue weighted by atomic mass is 15.1. The lowest BCUT2D eigenvalue weighted by atomic mass is 10.2. The minimum Gasteiger partial charge on any atom is -0.366 e. The van der Waals surface area contributed by atoms with Gasteiger partial charge in [-0.1, -0.05) is 12.8 Å². The third-order valence-corrected chi connectivity index (χ3v) is 3.48. The average molecular weight is 215 g/mol. The van der Waals surface area contributed by atoms with E-state index in [0.29, 0.717) is 6.04 Å². The molecule has 1 fully saturated rings. The van der Waals surface area contributed by atoms with Crippen LogP contribution >= 0.6 is 0 Å².